The molecule has 0 spiro atoms. The number of rotatable bonds is 4. The number of ether oxygens (including phenoxy) is 1. The standard InChI is InChI=1S/C11H19N3O/c1-9(2)14-7-11(6-13-14)15-8-10-4-3-5-12-10/h6-7,9-10,12H,3-5,8H2,1-2H3/t10-/m1/s1. The van der Waals surface area contributed by atoms with Crippen molar-refractivity contribution in [2.75, 3.05) is 13.2 Å². The van der Waals surface area contributed by atoms with Crippen molar-refractivity contribution in [2.45, 2.75) is 38.8 Å². The van der Waals surface area contributed by atoms with Crippen LogP contribution in [0.15, 0.2) is 12.4 Å². The summed E-state index contributed by atoms with van der Waals surface area (Å²) in [5, 5.41) is 7.64. The Balaban J connectivity index is 1.82. The van der Waals surface area contributed by atoms with Crippen molar-refractivity contribution in [1.82, 2.24) is 15.1 Å². The molecule has 0 bridgehead atoms. The first kappa shape index (κ1) is 10.5. The summed E-state index contributed by atoms with van der Waals surface area (Å²) in [4.78, 5) is 0. The van der Waals surface area contributed by atoms with Gasteiger partial charge in [-0.1, -0.05) is 0 Å². The van der Waals surface area contributed by atoms with Crippen molar-refractivity contribution >= 4 is 0 Å². The van der Waals surface area contributed by atoms with Crippen LogP contribution in [0.1, 0.15) is 32.7 Å². The molecule has 4 heteroatoms. The molecule has 0 radical (unpaired) electrons. The van der Waals surface area contributed by atoms with E-state index < -0.39 is 0 Å². The Morgan fingerprint density at radius 1 is 1.67 bits per heavy atom. The summed E-state index contributed by atoms with van der Waals surface area (Å²) in [5.74, 6) is 0.873. The first-order chi connectivity index (χ1) is 7.25. The zero-order valence-corrected chi connectivity index (χ0v) is 9.44. The fourth-order valence-corrected chi connectivity index (χ4v) is 1.77. The van der Waals surface area contributed by atoms with Gasteiger partial charge >= 0.3 is 0 Å². The van der Waals surface area contributed by atoms with Crippen molar-refractivity contribution in [3.05, 3.63) is 12.4 Å². The van der Waals surface area contributed by atoms with Gasteiger partial charge in [0, 0.05) is 12.1 Å². The predicted octanol–water partition coefficient (Wildman–Crippen LogP) is 1.59. The van der Waals surface area contributed by atoms with Crippen LogP contribution in [0.25, 0.3) is 0 Å². The van der Waals surface area contributed by atoms with Crippen LogP contribution in [0.5, 0.6) is 5.75 Å². The van der Waals surface area contributed by atoms with E-state index in [1.54, 1.807) is 6.20 Å². The third-order valence-corrected chi connectivity index (χ3v) is 2.72. The number of aromatic nitrogens is 2. The van der Waals surface area contributed by atoms with E-state index in [1.807, 2.05) is 10.9 Å². The first-order valence-electron chi connectivity index (χ1n) is 5.66. The Bertz CT molecular complexity index is 303. The molecule has 2 heterocycles. The number of hydrogen-bond donors (Lipinski definition) is 1. The molecular weight excluding hydrogens is 190 g/mol. The SMILES string of the molecule is CC(C)n1cc(OC[C@H]2CCCN2)cn1. The molecule has 1 aromatic heterocycles. The smallest absolute Gasteiger partial charge is 0.157 e. The summed E-state index contributed by atoms with van der Waals surface area (Å²) in [6.07, 6.45) is 6.23. The Morgan fingerprint density at radius 3 is 3.13 bits per heavy atom. The van der Waals surface area contributed by atoms with Gasteiger partial charge in [0.2, 0.25) is 0 Å². The maximum absolute atomic E-state index is 5.67. The van der Waals surface area contributed by atoms with Gasteiger partial charge in [-0.2, -0.15) is 5.10 Å². The second kappa shape index (κ2) is 4.66. The van der Waals surface area contributed by atoms with Gasteiger partial charge < -0.3 is 10.1 Å². The molecule has 1 atom stereocenters. The van der Waals surface area contributed by atoms with E-state index in [-0.39, 0.29) is 0 Å². The highest BCUT2D eigenvalue weighted by Crippen LogP contribution is 2.14. The molecule has 1 saturated heterocycles. The minimum atomic E-state index is 0.395. The minimum absolute atomic E-state index is 0.395. The predicted molar refractivity (Wildman–Crippen MR) is 59.1 cm³/mol. The number of hydrogen-bond acceptors (Lipinski definition) is 3. The molecule has 15 heavy (non-hydrogen) atoms. The van der Waals surface area contributed by atoms with Crippen LogP contribution in [0, 0.1) is 0 Å². The largest absolute Gasteiger partial charge is 0.489 e. The average molecular weight is 209 g/mol. The molecule has 1 aliphatic heterocycles. The van der Waals surface area contributed by atoms with E-state index in [0.29, 0.717) is 12.1 Å². The lowest BCUT2D eigenvalue weighted by Crippen LogP contribution is -2.28. The fourth-order valence-electron chi connectivity index (χ4n) is 1.77. The summed E-state index contributed by atoms with van der Waals surface area (Å²) in [6.45, 7) is 6.09. The van der Waals surface area contributed by atoms with Crippen LogP contribution in [0.3, 0.4) is 0 Å². The molecule has 84 valence electrons. The van der Waals surface area contributed by atoms with Gasteiger partial charge in [-0.05, 0) is 33.2 Å². The average Bonchev–Trinajstić information content (AvgIpc) is 2.86. The molecule has 1 fully saturated rings. The highest BCUT2D eigenvalue weighted by Gasteiger charge is 2.14. The van der Waals surface area contributed by atoms with Crippen LogP contribution in [-0.2, 0) is 0 Å². The van der Waals surface area contributed by atoms with Gasteiger partial charge in [0.15, 0.2) is 5.75 Å². The highest BCUT2D eigenvalue weighted by molar-refractivity contribution is 5.12. The molecule has 4 nitrogen and oxygen atoms in total. The lowest BCUT2D eigenvalue weighted by Gasteiger charge is -2.10. The van der Waals surface area contributed by atoms with E-state index in [0.717, 1.165) is 18.9 Å². The molecule has 1 N–H and O–H groups in total. The van der Waals surface area contributed by atoms with Crippen molar-refractivity contribution in [1.29, 1.82) is 0 Å². The van der Waals surface area contributed by atoms with E-state index >= 15 is 0 Å². The second-order valence-electron chi connectivity index (χ2n) is 4.35. The Labute approximate surface area is 90.6 Å². The molecule has 2 rings (SSSR count). The number of nitrogens with zero attached hydrogens (tertiary/aromatic N) is 2. The summed E-state index contributed by atoms with van der Waals surface area (Å²) in [5.41, 5.74) is 0. The van der Waals surface area contributed by atoms with Gasteiger partial charge in [-0.15, -0.1) is 0 Å². The van der Waals surface area contributed by atoms with Gasteiger partial charge in [-0.25, -0.2) is 0 Å². The minimum Gasteiger partial charge on any atom is -0.489 e. The molecule has 0 amide bonds. The van der Waals surface area contributed by atoms with Crippen LogP contribution in [-0.4, -0.2) is 29.0 Å². The lowest BCUT2D eigenvalue weighted by atomic mass is 10.2. The van der Waals surface area contributed by atoms with Gasteiger partial charge in [0.05, 0.1) is 12.4 Å². The van der Waals surface area contributed by atoms with E-state index in [1.165, 1.54) is 12.8 Å². The molecule has 0 aromatic carbocycles. The summed E-state index contributed by atoms with van der Waals surface area (Å²) in [6, 6.07) is 0.916. The molecule has 0 aliphatic carbocycles. The van der Waals surface area contributed by atoms with Crippen LogP contribution in [0.2, 0.25) is 0 Å². The van der Waals surface area contributed by atoms with E-state index in [4.69, 9.17) is 4.74 Å². The maximum Gasteiger partial charge on any atom is 0.157 e. The molecule has 1 aliphatic rings. The maximum atomic E-state index is 5.67. The molecule has 0 unspecified atom stereocenters. The van der Waals surface area contributed by atoms with Crippen molar-refractivity contribution in [3.8, 4) is 5.75 Å². The monoisotopic (exact) mass is 209 g/mol. The Morgan fingerprint density at radius 2 is 2.53 bits per heavy atom. The topological polar surface area (TPSA) is 39.1 Å². The summed E-state index contributed by atoms with van der Waals surface area (Å²) < 4.78 is 7.59. The van der Waals surface area contributed by atoms with Crippen LogP contribution in [0.4, 0.5) is 0 Å². The van der Waals surface area contributed by atoms with Gasteiger partial charge in [0.1, 0.15) is 6.61 Å². The summed E-state index contributed by atoms with van der Waals surface area (Å²) >= 11 is 0. The van der Waals surface area contributed by atoms with Crippen LogP contribution < -0.4 is 10.1 Å². The number of nitrogens with one attached hydrogen (secondary N) is 1. The highest BCUT2D eigenvalue weighted by atomic mass is 16.5. The third-order valence-electron chi connectivity index (χ3n) is 2.72. The van der Waals surface area contributed by atoms with Crippen molar-refractivity contribution < 1.29 is 4.74 Å². The molecule has 1 aromatic rings. The Hall–Kier alpha value is -1.03. The quantitative estimate of drug-likeness (QED) is 0.818. The zero-order valence-electron chi connectivity index (χ0n) is 9.44. The normalized spacial score (nSPS) is 21.1. The molecule has 0 saturated carbocycles. The van der Waals surface area contributed by atoms with Crippen molar-refractivity contribution in [3.63, 3.8) is 0 Å². The lowest BCUT2D eigenvalue weighted by molar-refractivity contribution is 0.276. The molecular formula is C11H19N3O. The Kier molecular flexibility index (Phi) is 3.26. The first-order valence-corrected chi connectivity index (χ1v) is 5.66. The zero-order chi connectivity index (χ0) is 10.7. The van der Waals surface area contributed by atoms with Gasteiger partial charge in [-0.3, -0.25) is 4.68 Å². The van der Waals surface area contributed by atoms with Gasteiger partial charge in [0.25, 0.3) is 0 Å². The van der Waals surface area contributed by atoms with Crippen LogP contribution >= 0.6 is 0 Å². The van der Waals surface area contributed by atoms with E-state index in [2.05, 4.69) is 24.3 Å². The fraction of sp³-hybridized carbons (Fsp3) is 0.727. The third kappa shape index (κ3) is 2.72. The second-order valence-corrected chi connectivity index (χ2v) is 4.35. The van der Waals surface area contributed by atoms with E-state index in [9.17, 15) is 0 Å². The summed E-state index contributed by atoms with van der Waals surface area (Å²) in [7, 11) is 0. The van der Waals surface area contributed by atoms with Crippen molar-refractivity contribution in [2.24, 2.45) is 0 Å².